The molecule has 0 radical (unpaired) electrons. The number of hydrogen-bond donors (Lipinski definition) is 3. The van der Waals surface area contributed by atoms with Crippen LogP contribution in [0.1, 0.15) is 0 Å². The molecule has 0 aliphatic carbocycles. The number of nitrogens with two attached hydrogens (primary N) is 1. The lowest BCUT2D eigenvalue weighted by Crippen LogP contribution is -2.37. The fourth-order valence-corrected chi connectivity index (χ4v) is 1.59. The number of nitrogens with one attached hydrogen (secondary N) is 1. The molecule has 84 valence electrons. The molecule has 16 heavy (non-hydrogen) atoms. The van der Waals surface area contributed by atoms with Gasteiger partial charge in [0.25, 0.3) is 5.56 Å². The minimum atomic E-state index is -0.565. The van der Waals surface area contributed by atoms with Crippen molar-refractivity contribution in [3.05, 3.63) is 39.0 Å². The van der Waals surface area contributed by atoms with Gasteiger partial charge in [-0.15, -0.1) is 0 Å². The average Bonchev–Trinajstić information content (AvgIpc) is 2.26. The predicted octanol–water partition coefficient (Wildman–Crippen LogP) is -0.646. The zero-order valence-corrected chi connectivity index (χ0v) is 8.43. The Morgan fingerprint density at radius 2 is 2.12 bits per heavy atom. The van der Waals surface area contributed by atoms with Gasteiger partial charge in [0.15, 0.2) is 0 Å². The Labute approximate surface area is 89.9 Å². The highest BCUT2D eigenvalue weighted by Crippen LogP contribution is 2.17. The molecule has 0 saturated heterocycles. The van der Waals surface area contributed by atoms with E-state index in [4.69, 9.17) is 5.73 Å². The second-order valence-corrected chi connectivity index (χ2v) is 3.38. The van der Waals surface area contributed by atoms with Crippen LogP contribution in [0.15, 0.2) is 27.8 Å². The Balaban J connectivity index is 2.90. The van der Waals surface area contributed by atoms with Gasteiger partial charge in [-0.3, -0.25) is 9.36 Å². The normalized spacial score (nSPS) is 10.8. The van der Waals surface area contributed by atoms with Crippen molar-refractivity contribution in [3.8, 4) is 5.75 Å². The number of para-hydroxylation sites is 1. The van der Waals surface area contributed by atoms with Crippen LogP contribution in [0.4, 0.5) is 0 Å². The highest BCUT2D eigenvalue weighted by molar-refractivity contribution is 5.82. The summed E-state index contributed by atoms with van der Waals surface area (Å²) < 4.78 is 1.02. The molecule has 0 amide bonds. The number of aromatic amines is 1. The van der Waals surface area contributed by atoms with Crippen LogP contribution < -0.4 is 17.0 Å². The number of phenolic OH excluding ortho intramolecular Hbond substituents is 1. The molecule has 1 aromatic heterocycles. The van der Waals surface area contributed by atoms with Crippen molar-refractivity contribution in [2.45, 2.75) is 6.54 Å². The molecule has 0 aliphatic rings. The lowest BCUT2D eigenvalue weighted by molar-refractivity contribution is 0.479. The van der Waals surface area contributed by atoms with E-state index in [0.29, 0.717) is 0 Å². The lowest BCUT2D eigenvalue weighted by atomic mass is 10.2. The van der Waals surface area contributed by atoms with Crippen LogP contribution in [0.2, 0.25) is 0 Å². The first-order chi connectivity index (χ1) is 7.65. The number of hydrogen-bond acceptors (Lipinski definition) is 4. The van der Waals surface area contributed by atoms with Gasteiger partial charge in [-0.2, -0.15) is 0 Å². The summed E-state index contributed by atoms with van der Waals surface area (Å²) in [5.74, 6) is -0.119. The maximum Gasteiger partial charge on any atom is 0.328 e. The molecular weight excluding hydrogens is 210 g/mol. The summed E-state index contributed by atoms with van der Waals surface area (Å²) in [6.07, 6.45) is 0. The highest BCUT2D eigenvalue weighted by Gasteiger charge is 2.08. The van der Waals surface area contributed by atoms with Gasteiger partial charge in [-0.05, 0) is 12.1 Å². The van der Waals surface area contributed by atoms with E-state index in [2.05, 4.69) is 4.98 Å². The molecule has 1 aromatic carbocycles. The quantitative estimate of drug-likeness (QED) is 0.627. The Morgan fingerprint density at radius 1 is 1.38 bits per heavy atom. The van der Waals surface area contributed by atoms with Crippen molar-refractivity contribution in [2.24, 2.45) is 5.73 Å². The van der Waals surface area contributed by atoms with Crippen molar-refractivity contribution in [2.75, 3.05) is 6.54 Å². The summed E-state index contributed by atoms with van der Waals surface area (Å²) in [6, 6.07) is 4.50. The highest BCUT2D eigenvalue weighted by atomic mass is 16.3. The van der Waals surface area contributed by atoms with Crippen molar-refractivity contribution in [1.82, 2.24) is 9.55 Å². The zero-order chi connectivity index (χ0) is 11.7. The van der Waals surface area contributed by atoms with Crippen molar-refractivity contribution >= 4 is 10.9 Å². The third kappa shape index (κ3) is 1.49. The number of fused-ring (bicyclic) bond motifs is 1. The van der Waals surface area contributed by atoms with Gasteiger partial charge >= 0.3 is 5.69 Å². The molecule has 2 rings (SSSR count). The number of H-pyrrole nitrogens is 1. The van der Waals surface area contributed by atoms with Crippen LogP contribution in [0, 0.1) is 0 Å². The molecule has 0 spiro atoms. The summed E-state index contributed by atoms with van der Waals surface area (Å²) in [4.78, 5) is 25.9. The molecule has 6 heteroatoms. The van der Waals surface area contributed by atoms with Gasteiger partial charge in [-0.1, -0.05) is 6.07 Å². The van der Waals surface area contributed by atoms with E-state index in [1.54, 1.807) is 12.1 Å². The second-order valence-electron chi connectivity index (χ2n) is 3.38. The first-order valence-electron chi connectivity index (χ1n) is 4.80. The summed E-state index contributed by atoms with van der Waals surface area (Å²) in [5, 5.41) is 9.77. The number of nitrogens with zero attached hydrogens (tertiary/aromatic N) is 1. The number of phenols is 1. The molecule has 2 aromatic rings. The number of benzene rings is 1. The third-order valence-electron chi connectivity index (χ3n) is 2.35. The Morgan fingerprint density at radius 3 is 2.81 bits per heavy atom. The molecule has 1 heterocycles. The predicted molar refractivity (Wildman–Crippen MR) is 59.5 cm³/mol. The van der Waals surface area contributed by atoms with E-state index >= 15 is 0 Å². The smallest absolute Gasteiger partial charge is 0.328 e. The number of aromatic nitrogens is 2. The van der Waals surface area contributed by atoms with Crippen LogP contribution in [0.5, 0.6) is 5.75 Å². The Hall–Kier alpha value is -2.08. The standard InChI is InChI=1S/C10H11N3O3/c11-4-5-13-9(15)6-2-1-3-7(14)8(6)12-10(13)16/h1-3,14H,4-5,11H2,(H,12,16). The molecule has 0 aliphatic heterocycles. The summed E-state index contributed by atoms with van der Waals surface area (Å²) in [5.41, 5.74) is 4.46. The minimum Gasteiger partial charge on any atom is -0.506 e. The molecule has 0 bridgehead atoms. The summed E-state index contributed by atoms with van der Waals surface area (Å²) in [7, 11) is 0. The van der Waals surface area contributed by atoms with E-state index in [-0.39, 0.29) is 29.7 Å². The molecule has 0 atom stereocenters. The van der Waals surface area contributed by atoms with Crippen molar-refractivity contribution in [3.63, 3.8) is 0 Å². The van der Waals surface area contributed by atoms with Crippen LogP contribution >= 0.6 is 0 Å². The van der Waals surface area contributed by atoms with Gasteiger partial charge in [0, 0.05) is 13.1 Å². The molecule has 6 nitrogen and oxygen atoms in total. The second kappa shape index (κ2) is 3.82. The lowest BCUT2D eigenvalue weighted by Gasteiger charge is -2.05. The first kappa shape index (κ1) is 10.4. The topological polar surface area (TPSA) is 101 Å². The maximum absolute atomic E-state index is 11.9. The summed E-state index contributed by atoms with van der Waals surface area (Å²) >= 11 is 0. The average molecular weight is 221 g/mol. The Bertz CT molecular complexity index is 642. The largest absolute Gasteiger partial charge is 0.506 e. The number of aromatic hydroxyl groups is 1. The SMILES string of the molecule is NCCn1c(=O)[nH]c2c(O)cccc2c1=O. The van der Waals surface area contributed by atoms with Gasteiger partial charge in [-0.25, -0.2) is 4.79 Å². The molecule has 0 fully saturated rings. The van der Waals surface area contributed by atoms with Crippen LogP contribution in [0.3, 0.4) is 0 Å². The molecule has 0 saturated carbocycles. The number of rotatable bonds is 2. The van der Waals surface area contributed by atoms with Crippen LogP contribution in [-0.2, 0) is 6.54 Å². The van der Waals surface area contributed by atoms with Gasteiger partial charge in [0.1, 0.15) is 5.75 Å². The van der Waals surface area contributed by atoms with E-state index in [0.717, 1.165) is 4.57 Å². The summed E-state index contributed by atoms with van der Waals surface area (Å²) in [6.45, 7) is 0.354. The maximum atomic E-state index is 11.9. The zero-order valence-electron chi connectivity index (χ0n) is 8.43. The van der Waals surface area contributed by atoms with Gasteiger partial charge < -0.3 is 15.8 Å². The fourth-order valence-electron chi connectivity index (χ4n) is 1.59. The van der Waals surface area contributed by atoms with Gasteiger partial charge in [0.2, 0.25) is 0 Å². The van der Waals surface area contributed by atoms with E-state index in [1.807, 2.05) is 0 Å². The third-order valence-corrected chi connectivity index (χ3v) is 2.35. The van der Waals surface area contributed by atoms with Crippen molar-refractivity contribution < 1.29 is 5.11 Å². The van der Waals surface area contributed by atoms with Gasteiger partial charge in [0.05, 0.1) is 10.9 Å². The van der Waals surface area contributed by atoms with E-state index < -0.39 is 11.2 Å². The minimum absolute atomic E-state index is 0.119. The molecule has 4 N–H and O–H groups in total. The first-order valence-corrected chi connectivity index (χ1v) is 4.80. The van der Waals surface area contributed by atoms with Crippen LogP contribution in [0.25, 0.3) is 10.9 Å². The van der Waals surface area contributed by atoms with Crippen molar-refractivity contribution in [1.29, 1.82) is 0 Å². The van der Waals surface area contributed by atoms with E-state index in [9.17, 15) is 14.7 Å². The fraction of sp³-hybridized carbons (Fsp3) is 0.200. The molecular formula is C10H11N3O3. The molecule has 0 unspecified atom stereocenters. The monoisotopic (exact) mass is 221 g/mol. The van der Waals surface area contributed by atoms with E-state index in [1.165, 1.54) is 6.07 Å². The Kier molecular flexibility index (Phi) is 2.49. The van der Waals surface area contributed by atoms with Crippen LogP contribution in [-0.4, -0.2) is 21.2 Å².